The van der Waals surface area contributed by atoms with Crippen molar-refractivity contribution < 1.29 is 14.6 Å². The number of aromatic nitrogens is 3. The fourth-order valence-electron chi connectivity index (χ4n) is 6.38. The highest BCUT2D eigenvalue weighted by molar-refractivity contribution is 6.38. The van der Waals surface area contributed by atoms with E-state index in [1.54, 1.807) is 13.3 Å². The number of fused-ring (bicyclic) bond motifs is 1. The molecule has 2 aromatic carbocycles. The van der Waals surface area contributed by atoms with Gasteiger partial charge in [-0.15, -0.1) is 0 Å². The quantitative estimate of drug-likeness (QED) is 0.173. The van der Waals surface area contributed by atoms with Crippen LogP contribution >= 0.6 is 23.2 Å². The lowest BCUT2D eigenvalue weighted by atomic mass is 9.95. The van der Waals surface area contributed by atoms with Crippen molar-refractivity contribution >= 4 is 29.0 Å². The highest BCUT2D eigenvalue weighted by Gasteiger charge is 2.27. The first kappa shape index (κ1) is 33.5. The lowest BCUT2D eigenvalue weighted by Gasteiger charge is -2.35. The van der Waals surface area contributed by atoms with E-state index < -0.39 is 0 Å². The number of carbonyl (C=O) groups is 1. The maximum Gasteiger partial charge on any atom is 0.237 e. The number of aliphatic hydroxyl groups is 1. The monoisotopic (exact) mass is 673 g/mol. The molecule has 0 radical (unpaired) electrons. The van der Waals surface area contributed by atoms with Gasteiger partial charge in [-0.1, -0.05) is 73.4 Å². The Labute approximate surface area is 286 Å². The van der Waals surface area contributed by atoms with Gasteiger partial charge in [-0.05, 0) is 55.0 Å². The van der Waals surface area contributed by atoms with Gasteiger partial charge in [0.25, 0.3) is 0 Å². The van der Waals surface area contributed by atoms with E-state index in [1.165, 1.54) is 5.56 Å². The lowest BCUT2D eigenvalue weighted by molar-refractivity contribution is -0.00403. The van der Waals surface area contributed by atoms with Gasteiger partial charge in [0, 0.05) is 55.8 Å². The Morgan fingerprint density at radius 3 is 2.49 bits per heavy atom. The van der Waals surface area contributed by atoms with Gasteiger partial charge in [0.05, 0.1) is 40.8 Å². The van der Waals surface area contributed by atoms with Crippen LogP contribution in [0.15, 0.2) is 48.7 Å². The van der Waals surface area contributed by atoms with Gasteiger partial charge in [-0.25, -0.2) is 9.97 Å². The van der Waals surface area contributed by atoms with Gasteiger partial charge in [0.2, 0.25) is 5.88 Å². The van der Waals surface area contributed by atoms with E-state index >= 15 is 0 Å². The summed E-state index contributed by atoms with van der Waals surface area (Å²) in [7, 11) is 1.57. The number of carbonyl (C=O) groups excluding carboxylic acids is 1. The molecule has 0 atom stereocenters. The summed E-state index contributed by atoms with van der Waals surface area (Å²) in [6.07, 6.45) is 3.62. The molecule has 2 aromatic heterocycles. The largest absolute Gasteiger partial charge is 0.480 e. The van der Waals surface area contributed by atoms with Crippen molar-refractivity contribution in [3.05, 3.63) is 92.5 Å². The molecule has 0 aliphatic carbocycles. The minimum atomic E-state index is -0.298. The van der Waals surface area contributed by atoms with Crippen LogP contribution in [0.1, 0.15) is 58.8 Å². The van der Waals surface area contributed by atoms with Crippen LogP contribution in [0.4, 0.5) is 0 Å². The van der Waals surface area contributed by atoms with Gasteiger partial charge in [-0.2, -0.15) is 0 Å². The van der Waals surface area contributed by atoms with Crippen molar-refractivity contribution in [2.45, 2.75) is 59.2 Å². The molecular weight excluding hydrogens is 633 g/mol. The minimum absolute atomic E-state index is 0.0655. The van der Waals surface area contributed by atoms with Crippen LogP contribution in [0, 0.1) is 12.8 Å². The average Bonchev–Trinajstić information content (AvgIpc) is 3.04. The highest BCUT2D eigenvalue weighted by Crippen LogP contribution is 2.40. The minimum Gasteiger partial charge on any atom is -0.480 e. The van der Waals surface area contributed by atoms with E-state index in [-0.39, 0.29) is 18.3 Å². The Morgan fingerprint density at radius 1 is 1.04 bits per heavy atom. The van der Waals surface area contributed by atoms with E-state index in [0.717, 1.165) is 54.9 Å². The van der Waals surface area contributed by atoms with Crippen LogP contribution < -0.4 is 4.74 Å². The molecule has 246 valence electrons. The molecule has 1 fully saturated rings. The zero-order chi connectivity index (χ0) is 33.2. The second kappa shape index (κ2) is 14.4. The van der Waals surface area contributed by atoms with Crippen molar-refractivity contribution in [1.29, 1.82) is 0 Å². The first-order chi connectivity index (χ1) is 22.6. The molecule has 47 heavy (non-hydrogen) atoms. The van der Waals surface area contributed by atoms with Crippen LogP contribution in [0.25, 0.3) is 22.4 Å². The number of halogens is 2. The predicted molar refractivity (Wildman–Crippen MR) is 186 cm³/mol. The zero-order valence-electron chi connectivity index (χ0n) is 27.4. The summed E-state index contributed by atoms with van der Waals surface area (Å²) in [6, 6.07) is 13.3. The van der Waals surface area contributed by atoms with E-state index in [9.17, 15) is 9.90 Å². The third-order valence-corrected chi connectivity index (χ3v) is 9.96. The van der Waals surface area contributed by atoms with Gasteiger partial charge in [0.1, 0.15) is 11.4 Å². The first-order valence-corrected chi connectivity index (χ1v) is 17.0. The number of aliphatic hydroxyl groups excluding tert-OH is 1. The smallest absolute Gasteiger partial charge is 0.237 e. The number of ketones is 1. The molecule has 1 N–H and O–H groups in total. The van der Waals surface area contributed by atoms with Crippen LogP contribution in [-0.2, 0) is 25.9 Å². The Hall–Kier alpha value is -3.40. The van der Waals surface area contributed by atoms with Crippen LogP contribution in [0.5, 0.6) is 5.88 Å². The van der Waals surface area contributed by atoms with Crippen molar-refractivity contribution in [2.24, 2.45) is 5.92 Å². The summed E-state index contributed by atoms with van der Waals surface area (Å²) in [5.74, 6) is 1.00. The molecule has 4 aromatic rings. The molecule has 6 rings (SSSR count). The second-order valence-corrected chi connectivity index (χ2v) is 13.8. The maximum absolute atomic E-state index is 13.6. The van der Waals surface area contributed by atoms with Crippen molar-refractivity contribution in [3.63, 3.8) is 0 Å². The molecule has 2 aliphatic heterocycles. The summed E-state index contributed by atoms with van der Waals surface area (Å²) < 4.78 is 5.56. The summed E-state index contributed by atoms with van der Waals surface area (Å²) in [4.78, 5) is 32.4. The number of ether oxygens (including phenoxy) is 1. The number of benzene rings is 2. The molecular formula is C37H41Cl2N5O3. The Kier molecular flexibility index (Phi) is 10.2. The molecule has 4 heterocycles. The maximum atomic E-state index is 13.6. The molecule has 0 bridgehead atoms. The van der Waals surface area contributed by atoms with E-state index in [0.29, 0.717) is 69.7 Å². The zero-order valence-corrected chi connectivity index (χ0v) is 28.9. The molecule has 0 spiro atoms. The molecule has 0 unspecified atom stereocenters. The Bertz CT molecular complexity index is 1790. The number of likely N-dealkylation sites (tertiary alicyclic amines) is 1. The molecule has 10 heteroatoms. The van der Waals surface area contributed by atoms with Crippen LogP contribution in [0.3, 0.4) is 0 Å². The number of methoxy groups -OCH3 is 1. The number of hydrogen-bond acceptors (Lipinski definition) is 8. The van der Waals surface area contributed by atoms with Crippen molar-refractivity contribution in [2.75, 3.05) is 33.3 Å². The molecule has 0 saturated carbocycles. The second-order valence-electron chi connectivity index (χ2n) is 13.1. The normalized spacial score (nSPS) is 15.5. The van der Waals surface area contributed by atoms with Crippen LogP contribution in [0.2, 0.25) is 10.0 Å². The van der Waals surface area contributed by atoms with Crippen molar-refractivity contribution in [3.8, 4) is 28.3 Å². The number of aryl methyl sites for hydroxylation is 1. The summed E-state index contributed by atoms with van der Waals surface area (Å²) in [6.45, 7) is 11.2. The topological polar surface area (TPSA) is 91.7 Å². The van der Waals surface area contributed by atoms with Gasteiger partial charge in [-0.3, -0.25) is 19.6 Å². The summed E-state index contributed by atoms with van der Waals surface area (Å²) in [5.41, 5.74) is 8.01. The third kappa shape index (κ3) is 7.37. The summed E-state index contributed by atoms with van der Waals surface area (Å²) >= 11 is 14.0. The van der Waals surface area contributed by atoms with Gasteiger partial charge >= 0.3 is 0 Å². The number of nitrogens with zero attached hydrogens (tertiary/aromatic N) is 5. The average molecular weight is 675 g/mol. The standard InChI is InChI=1S/C37H41Cl2N5O3/c1-22(2)11-13-43-14-12-26-23(3)15-30(41-32(26)20-43)34(46)16-24-7-5-8-27(35(24)38)28-9-6-10-29(36(28)39)31-17-40-33(37(42-31)47-4)21-44-18-25(45)19-44/h5-10,15,17,22,25,45H,11-14,16,18-21H2,1-4H3. The fraction of sp³-hybridized carbons (Fsp3) is 0.405. The lowest BCUT2D eigenvalue weighted by Crippen LogP contribution is -2.50. The fourth-order valence-corrected chi connectivity index (χ4v) is 7.00. The number of pyridine rings is 1. The molecule has 8 nitrogen and oxygen atoms in total. The Balaban J connectivity index is 1.23. The Morgan fingerprint density at radius 2 is 1.77 bits per heavy atom. The first-order valence-electron chi connectivity index (χ1n) is 16.2. The highest BCUT2D eigenvalue weighted by atomic mass is 35.5. The summed E-state index contributed by atoms with van der Waals surface area (Å²) in [5, 5.41) is 10.6. The number of β-amino-alcohol motifs (C(OH)–C–C–N with tert-alkyl or cyclic N) is 1. The SMILES string of the molecule is COc1nc(-c2cccc(-c3cccc(CC(=O)c4cc(C)c5c(n4)CN(CCC(C)C)CC5)c3Cl)c2Cl)cnc1CN1CC(O)C1. The van der Waals surface area contributed by atoms with Gasteiger partial charge in [0.15, 0.2) is 5.78 Å². The number of Topliss-reactive ketones (excluding diaryl/α,β-unsaturated/α-hetero) is 1. The molecule has 1 saturated heterocycles. The number of hydrogen-bond donors (Lipinski definition) is 1. The predicted octanol–water partition coefficient (Wildman–Crippen LogP) is 6.84. The van der Waals surface area contributed by atoms with Crippen LogP contribution in [-0.4, -0.2) is 75.0 Å². The van der Waals surface area contributed by atoms with Crippen molar-refractivity contribution in [1.82, 2.24) is 24.8 Å². The molecule has 0 amide bonds. The molecule has 2 aliphatic rings. The van der Waals surface area contributed by atoms with E-state index in [2.05, 4.69) is 35.6 Å². The third-order valence-electron chi connectivity index (χ3n) is 9.10. The van der Waals surface area contributed by atoms with Gasteiger partial charge < -0.3 is 9.84 Å². The van der Waals surface area contributed by atoms with E-state index in [4.69, 9.17) is 37.9 Å². The van der Waals surface area contributed by atoms with E-state index in [1.807, 2.05) is 42.5 Å². The number of rotatable bonds is 11.